The molecule has 1 fully saturated rings. The molecule has 5 heteroatoms. The lowest BCUT2D eigenvalue weighted by atomic mass is 10.2. The van der Waals surface area contributed by atoms with Gasteiger partial charge in [-0.25, -0.2) is 0 Å². The molecule has 1 saturated heterocycles. The molecule has 0 radical (unpaired) electrons. The first-order valence-electron chi connectivity index (χ1n) is 7.60. The summed E-state index contributed by atoms with van der Waals surface area (Å²) in [5.74, 6) is 0.799. The minimum absolute atomic E-state index is 0.215. The summed E-state index contributed by atoms with van der Waals surface area (Å²) in [5.41, 5.74) is 1.20. The minimum Gasteiger partial charge on any atom is -0.491 e. The van der Waals surface area contributed by atoms with Crippen LogP contribution in [0.3, 0.4) is 0 Å². The molecule has 21 heavy (non-hydrogen) atoms. The second-order valence-electron chi connectivity index (χ2n) is 5.64. The van der Waals surface area contributed by atoms with Crippen molar-refractivity contribution in [2.45, 2.75) is 13.0 Å². The first-order chi connectivity index (χ1) is 10.2. The first kappa shape index (κ1) is 16.2. The Morgan fingerprint density at radius 2 is 1.71 bits per heavy atom. The number of aliphatic hydroxyl groups excluding tert-OH is 2. The molecule has 0 aromatic heterocycles. The summed E-state index contributed by atoms with van der Waals surface area (Å²) in [6.07, 6.45) is -0.476. The molecule has 118 valence electrons. The number of aryl methyl sites for hydroxylation is 1. The van der Waals surface area contributed by atoms with Crippen LogP contribution in [0.15, 0.2) is 24.3 Å². The zero-order valence-electron chi connectivity index (χ0n) is 12.7. The van der Waals surface area contributed by atoms with Gasteiger partial charge in [-0.2, -0.15) is 0 Å². The molecule has 0 unspecified atom stereocenters. The van der Waals surface area contributed by atoms with Gasteiger partial charge in [-0.15, -0.1) is 0 Å². The van der Waals surface area contributed by atoms with Gasteiger partial charge in [-0.05, 0) is 19.1 Å². The number of rotatable bonds is 7. The quantitative estimate of drug-likeness (QED) is 0.760. The monoisotopic (exact) mass is 294 g/mol. The fourth-order valence-corrected chi connectivity index (χ4v) is 2.51. The Morgan fingerprint density at radius 1 is 1.10 bits per heavy atom. The Balaban J connectivity index is 1.65. The standard InChI is InChI=1S/C16H26N2O3/c1-14-2-4-16(5-3-14)21-13-15(20)12-18-8-6-17(7-9-18)10-11-19/h2-5,15,19-20H,6-13H2,1H3/t15-/m0/s1. The number of hydrogen-bond donors (Lipinski definition) is 2. The van der Waals surface area contributed by atoms with Crippen LogP contribution in [0.1, 0.15) is 5.56 Å². The second kappa shape index (κ2) is 8.34. The molecule has 0 amide bonds. The highest BCUT2D eigenvalue weighted by Gasteiger charge is 2.18. The van der Waals surface area contributed by atoms with E-state index < -0.39 is 6.10 Å². The van der Waals surface area contributed by atoms with Crippen molar-refractivity contribution in [3.63, 3.8) is 0 Å². The van der Waals surface area contributed by atoms with Gasteiger partial charge >= 0.3 is 0 Å². The minimum atomic E-state index is -0.476. The van der Waals surface area contributed by atoms with Crippen LogP contribution in [0.5, 0.6) is 5.75 Å². The highest BCUT2D eigenvalue weighted by Crippen LogP contribution is 2.12. The smallest absolute Gasteiger partial charge is 0.119 e. The molecule has 0 spiro atoms. The topological polar surface area (TPSA) is 56.2 Å². The van der Waals surface area contributed by atoms with E-state index in [0.717, 1.165) is 38.5 Å². The molecule has 1 aliphatic heterocycles. The van der Waals surface area contributed by atoms with Crippen LogP contribution < -0.4 is 4.74 Å². The van der Waals surface area contributed by atoms with E-state index in [9.17, 15) is 5.11 Å². The Morgan fingerprint density at radius 3 is 2.33 bits per heavy atom. The fourth-order valence-electron chi connectivity index (χ4n) is 2.51. The Kier molecular flexibility index (Phi) is 6.45. The number of β-amino-alcohol motifs (C(OH)–C–C–N with tert-alkyl or cyclic N) is 2. The molecule has 1 heterocycles. The van der Waals surface area contributed by atoms with Crippen molar-refractivity contribution < 1.29 is 14.9 Å². The number of benzene rings is 1. The van der Waals surface area contributed by atoms with Crippen molar-refractivity contribution in [2.75, 3.05) is 52.5 Å². The van der Waals surface area contributed by atoms with Crippen LogP contribution in [0.2, 0.25) is 0 Å². The molecular formula is C16H26N2O3. The summed E-state index contributed by atoms with van der Waals surface area (Å²) >= 11 is 0. The molecule has 2 rings (SSSR count). The van der Waals surface area contributed by atoms with Crippen LogP contribution in [0, 0.1) is 6.92 Å². The molecule has 0 bridgehead atoms. The Labute approximate surface area is 126 Å². The second-order valence-corrected chi connectivity index (χ2v) is 5.64. The number of piperazine rings is 1. The van der Waals surface area contributed by atoms with Crippen LogP contribution in [0.25, 0.3) is 0 Å². The highest BCUT2D eigenvalue weighted by molar-refractivity contribution is 5.26. The Bertz CT molecular complexity index is 402. The lowest BCUT2D eigenvalue weighted by molar-refractivity contribution is 0.0428. The number of hydrogen-bond acceptors (Lipinski definition) is 5. The molecule has 1 aliphatic rings. The summed E-state index contributed by atoms with van der Waals surface area (Å²) in [6.45, 7) is 7.72. The zero-order valence-corrected chi connectivity index (χ0v) is 12.7. The predicted octanol–water partition coefficient (Wildman–Crippen LogP) is 0.345. The summed E-state index contributed by atoms with van der Waals surface area (Å²) in [7, 11) is 0. The summed E-state index contributed by atoms with van der Waals surface area (Å²) < 4.78 is 5.60. The van der Waals surface area contributed by atoms with Crippen molar-refractivity contribution >= 4 is 0 Å². The molecule has 1 atom stereocenters. The van der Waals surface area contributed by atoms with Gasteiger partial charge in [0, 0.05) is 39.3 Å². The van der Waals surface area contributed by atoms with Crippen LogP contribution in [-0.2, 0) is 0 Å². The molecule has 0 saturated carbocycles. The van der Waals surface area contributed by atoms with Crippen molar-refractivity contribution in [3.05, 3.63) is 29.8 Å². The van der Waals surface area contributed by atoms with Gasteiger partial charge in [0.25, 0.3) is 0 Å². The zero-order chi connectivity index (χ0) is 15.1. The first-order valence-corrected chi connectivity index (χ1v) is 7.60. The van der Waals surface area contributed by atoms with Crippen molar-refractivity contribution in [3.8, 4) is 5.75 Å². The van der Waals surface area contributed by atoms with Crippen LogP contribution in [-0.4, -0.2) is 78.6 Å². The van der Waals surface area contributed by atoms with Gasteiger partial charge < -0.3 is 14.9 Å². The van der Waals surface area contributed by atoms with Gasteiger partial charge in [-0.3, -0.25) is 9.80 Å². The maximum atomic E-state index is 10.1. The third-order valence-electron chi connectivity index (χ3n) is 3.81. The summed E-state index contributed by atoms with van der Waals surface area (Å²) in [5, 5.41) is 19.0. The van der Waals surface area contributed by atoms with Crippen LogP contribution in [0.4, 0.5) is 0 Å². The molecule has 0 aliphatic carbocycles. The van der Waals surface area contributed by atoms with E-state index in [1.165, 1.54) is 5.56 Å². The maximum absolute atomic E-state index is 10.1. The maximum Gasteiger partial charge on any atom is 0.119 e. The normalized spacial score (nSPS) is 18.6. The van der Waals surface area contributed by atoms with Crippen LogP contribution >= 0.6 is 0 Å². The van der Waals surface area contributed by atoms with E-state index in [1.54, 1.807) is 0 Å². The average molecular weight is 294 g/mol. The van der Waals surface area contributed by atoms with E-state index in [0.29, 0.717) is 13.2 Å². The van der Waals surface area contributed by atoms with Crippen molar-refractivity contribution in [1.82, 2.24) is 9.80 Å². The lowest BCUT2D eigenvalue weighted by Gasteiger charge is -2.35. The number of nitrogens with zero attached hydrogens (tertiary/aromatic N) is 2. The van der Waals surface area contributed by atoms with Gasteiger partial charge in [-0.1, -0.05) is 17.7 Å². The van der Waals surface area contributed by atoms with E-state index in [2.05, 4.69) is 9.80 Å². The van der Waals surface area contributed by atoms with Gasteiger partial charge in [0.05, 0.1) is 6.61 Å². The van der Waals surface area contributed by atoms with Gasteiger partial charge in [0.1, 0.15) is 18.5 Å². The fraction of sp³-hybridized carbons (Fsp3) is 0.625. The van der Waals surface area contributed by atoms with E-state index >= 15 is 0 Å². The molecular weight excluding hydrogens is 268 g/mol. The van der Waals surface area contributed by atoms with Gasteiger partial charge in [0.2, 0.25) is 0 Å². The average Bonchev–Trinajstić information content (AvgIpc) is 2.49. The van der Waals surface area contributed by atoms with Crippen molar-refractivity contribution in [1.29, 1.82) is 0 Å². The molecule has 1 aromatic carbocycles. The number of aliphatic hydroxyl groups is 2. The number of ether oxygens (including phenoxy) is 1. The van der Waals surface area contributed by atoms with E-state index in [1.807, 2.05) is 31.2 Å². The third-order valence-corrected chi connectivity index (χ3v) is 3.81. The van der Waals surface area contributed by atoms with Gasteiger partial charge in [0.15, 0.2) is 0 Å². The highest BCUT2D eigenvalue weighted by atomic mass is 16.5. The molecule has 5 nitrogen and oxygen atoms in total. The lowest BCUT2D eigenvalue weighted by Crippen LogP contribution is -2.49. The van der Waals surface area contributed by atoms with Crippen molar-refractivity contribution in [2.24, 2.45) is 0 Å². The summed E-state index contributed by atoms with van der Waals surface area (Å²) in [6, 6.07) is 7.86. The summed E-state index contributed by atoms with van der Waals surface area (Å²) in [4.78, 5) is 4.49. The SMILES string of the molecule is Cc1ccc(OC[C@@H](O)CN2CCN(CCO)CC2)cc1. The third kappa shape index (κ3) is 5.63. The predicted molar refractivity (Wildman–Crippen MR) is 82.6 cm³/mol. The Hall–Kier alpha value is -1.14. The van der Waals surface area contributed by atoms with E-state index in [4.69, 9.17) is 9.84 Å². The molecule has 1 aromatic rings. The largest absolute Gasteiger partial charge is 0.491 e. The molecule has 2 N–H and O–H groups in total. The van der Waals surface area contributed by atoms with E-state index in [-0.39, 0.29) is 6.61 Å².